The van der Waals surface area contributed by atoms with Crippen LogP contribution >= 0.6 is 0 Å². The highest BCUT2D eigenvalue weighted by Gasteiger charge is 2.17. The number of fused-ring (bicyclic) bond motifs is 1. The standard InChI is InChI=1S/C13H16N2O2/c1-9-13-11(3-2-4-12(13)17-15-9)16-10-5-7-14-8-6-10/h2-4,10,14H,5-8H2,1H3. The summed E-state index contributed by atoms with van der Waals surface area (Å²) in [5, 5.41) is 8.32. The Hall–Kier alpha value is -1.55. The van der Waals surface area contributed by atoms with Gasteiger partial charge in [-0.15, -0.1) is 0 Å². The normalized spacial score (nSPS) is 17.5. The molecule has 1 N–H and O–H groups in total. The Labute approximate surface area is 99.9 Å². The van der Waals surface area contributed by atoms with Gasteiger partial charge in [-0.1, -0.05) is 11.2 Å². The monoisotopic (exact) mass is 232 g/mol. The highest BCUT2D eigenvalue weighted by atomic mass is 16.5. The first kappa shape index (κ1) is 10.6. The van der Waals surface area contributed by atoms with Crippen LogP contribution in [0.3, 0.4) is 0 Å². The number of hydrogen-bond acceptors (Lipinski definition) is 4. The van der Waals surface area contributed by atoms with Crippen molar-refractivity contribution in [1.29, 1.82) is 0 Å². The molecule has 0 unspecified atom stereocenters. The van der Waals surface area contributed by atoms with Gasteiger partial charge < -0.3 is 14.6 Å². The van der Waals surface area contributed by atoms with E-state index in [-0.39, 0.29) is 0 Å². The first-order chi connectivity index (χ1) is 8.34. The Morgan fingerprint density at radius 3 is 3.00 bits per heavy atom. The molecule has 0 atom stereocenters. The summed E-state index contributed by atoms with van der Waals surface area (Å²) in [5.74, 6) is 0.896. The highest BCUT2D eigenvalue weighted by Crippen LogP contribution is 2.30. The molecule has 17 heavy (non-hydrogen) atoms. The summed E-state index contributed by atoms with van der Waals surface area (Å²) in [6, 6.07) is 5.86. The molecule has 1 aromatic heterocycles. The minimum atomic E-state index is 0.302. The average molecular weight is 232 g/mol. The van der Waals surface area contributed by atoms with E-state index in [1.165, 1.54) is 0 Å². The van der Waals surface area contributed by atoms with E-state index in [0.29, 0.717) is 6.10 Å². The third kappa shape index (κ3) is 2.00. The molecule has 0 radical (unpaired) electrons. The zero-order chi connectivity index (χ0) is 11.7. The summed E-state index contributed by atoms with van der Waals surface area (Å²) in [5.41, 5.74) is 1.69. The summed E-state index contributed by atoms with van der Waals surface area (Å²) < 4.78 is 11.3. The molecule has 1 aromatic carbocycles. The van der Waals surface area contributed by atoms with Gasteiger partial charge in [0, 0.05) is 0 Å². The molecule has 0 aliphatic carbocycles. The maximum absolute atomic E-state index is 6.07. The minimum Gasteiger partial charge on any atom is -0.489 e. The molecule has 1 aliphatic heterocycles. The smallest absolute Gasteiger partial charge is 0.170 e. The number of ether oxygens (including phenoxy) is 1. The minimum absolute atomic E-state index is 0.302. The largest absolute Gasteiger partial charge is 0.489 e. The average Bonchev–Trinajstić information content (AvgIpc) is 2.74. The lowest BCUT2D eigenvalue weighted by atomic mass is 10.1. The molecule has 0 amide bonds. The van der Waals surface area contributed by atoms with Gasteiger partial charge in [0.25, 0.3) is 0 Å². The Morgan fingerprint density at radius 1 is 1.35 bits per heavy atom. The van der Waals surface area contributed by atoms with Crippen LogP contribution in [0.15, 0.2) is 22.7 Å². The Bertz CT molecular complexity index is 515. The molecule has 0 spiro atoms. The fourth-order valence-corrected chi connectivity index (χ4v) is 2.30. The fraction of sp³-hybridized carbons (Fsp3) is 0.462. The van der Waals surface area contributed by atoms with Crippen molar-refractivity contribution in [2.45, 2.75) is 25.9 Å². The molecule has 4 heteroatoms. The molecule has 0 saturated carbocycles. The summed E-state index contributed by atoms with van der Waals surface area (Å²) >= 11 is 0. The summed E-state index contributed by atoms with van der Waals surface area (Å²) in [6.45, 7) is 4.01. The van der Waals surface area contributed by atoms with Gasteiger partial charge in [-0.3, -0.25) is 0 Å². The number of nitrogens with one attached hydrogen (secondary N) is 1. The molecule has 4 nitrogen and oxygen atoms in total. The van der Waals surface area contributed by atoms with E-state index in [2.05, 4.69) is 10.5 Å². The van der Waals surface area contributed by atoms with Crippen molar-refractivity contribution in [3.05, 3.63) is 23.9 Å². The van der Waals surface area contributed by atoms with Crippen LogP contribution in [0.25, 0.3) is 11.0 Å². The van der Waals surface area contributed by atoms with E-state index < -0.39 is 0 Å². The van der Waals surface area contributed by atoms with Crippen molar-refractivity contribution in [3.8, 4) is 5.75 Å². The van der Waals surface area contributed by atoms with E-state index in [0.717, 1.165) is 48.3 Å². The second-order valence-corrected chi connectivity index (χ2v) is 4.46. The molecule has 90 valence electrons. The summed E-state index contributed by atoms with van der Waals surface area (Å²) in [4.78, 5) is 0. The van der Waals surface area contributed by atoms with Crippen molar-refractivity contribution in [1.82, 2.24) is 10.5 Å². The van der Waals surface area contributed by atoms with Crippen LogP contribution in [-0.4, -0.2) is 24.4 Å². The Kier molecular flexibility index (Phi) is 2.73. The van der Waals surface area contributed by atoms with Crippen LogP contribution in [0.2, 0.25) is 0 Å². The van der Waals surface area contributed by atoms with E-state index in [1.807, 2.05) is 25.1 Å². The summed E-state index contributed by atoms with van der Waals surface area (Å²) in [6.07, 6.45) is 2.41. The topological polar surface area (TPSA) is 47.3 Å². The van der Waals surface area contributed by atoms with Crippen LogP contribution in [0.5, 0.6) is 5.75 Å². The number of hydrogen-bond donors (Lipinski definition) is 1. The van der Waals surface area contributed by atoms with Gasteiger partial charge in [0.15, 0.2) is 5.58 Å². The van der Waals surface area contributed by atoms with Crippen LogP contribution in [-0.2, 0) is 0 Å². The van der Waals surface area contributed by atoms with Crippen molar-refractivity contribution < 1.29 is 9.26 Å². The van der Waals surface area contributed by atoms with Gasteiger partial charge in [-0.05, 0) is 45.0 Å². The molecule has 1 saturated heterocycles. The van der Waals surface area contributed by atoms with Crippen molar-refractivity contribution in [2.75, 3.05) is 13.1 Å². The molecular weight excluding hydrogens is 216 g/mol. The molecule has 1 fully saturated rings. The fourth-order valence-electron chi connectivity index (χ4n) is 2.30. The van der Waals surface area contributed by atoms with Crippen molar-refractivity contribution in [3.63, 3.8) is 0 Å². The van der Waals surface area contributed by atoms with Crippen molar-refractivity contribution in [2.24, 2.45) is 0 Å². The number of rotatable bonds is 2. The molecule has 2 heterocycles. The number of aromatic nitrogens is 1. The van der Waals surface area contributed by atoms with Crippen molar-refractivity contribution >= 4 is 11.0 Å². The highest BCUT2D eigenvalue weighted by molar-refractivity contribution is 5.85. The van der Waals surface area contributed by atoms with E-state index >= 15 is 0 Å². The lowest BCUT2D eigenvalue weighted by molar-refractivity contribution is 0.164. The SMILES string of the molecule is Cc1noc2cccc(OC3CCNCC3)c12. The first-order valence-electron chi connectivity index (χ1n) is 6.07. The molecule has 1 aliphatic rings. The third-order valence-corrected chi connectivity index (χ3v) is 3.21. The third-order valence-electron chi connectivity index (χ3n) is 3.21. The predicted molar refractivity (Wildman–Crippen MR) is 65.3 cm³/mol. The van der Waals surface area contributed by atoms with Gasteiger partial charge in [-0.2, -0.15) is 0 Å². The number of piperidine rings is 1. The van der Waals surface area contributed by atoms with Gasteiger partial charge in [-0.25, -0.2) is 0 Å². The van der Waals surface area contributed by atoms with Gasteiger partial charge in [0.05, 0.1) is 11.1 Å². The molecular formula is C13H16N2O2. The van der Waals surface area contributed by atoms with Crippen LogP contribution in [0.1, 0.15) is 18.5 Å². The van der Waals surface area contributed by atoms with E-state index in [9.17, 15) is 0 Å². The second-order valence-electron chi connectivity index (χ2n) is 4.46. The zero-order valence-corrected chi connectivity index (χ0v) is 9.90. The predicted octanol–water partition coefficient (Wildman–Crippen LogP) is 2.27. The van der Waals surface area contributed by atoms with Crippen LogP contribution < -0.4 is 10.1 Å². The van der Waals surface area contributed by atoms with Crippen LogP contribution in [0, 0.1) is 6.92 Å². The van der Waals surface area contributed by atoms with Gasteiger partial charge in [0.2, 0.25) is 0 Å². The lowest BCUT2D eigenvalue weighted by Gasteiger charge is -2.24. The van der Waals surface area contributed by atoms with Gasteiger partial charge >= 0.3 is 0 Å². The van der Waals surface area contributed by atoms with E-state index in [4.69, 9.17) is 9.26 Å². The maximum Gasteiger partial charge on any atom is 0.170 e. The Balaban J connectivity index is 1.91. The number of aryl methyl sites for hydroxylation is 1. The molecule has 2 aromatic rings. The second kappa shape index (κ2) is 4.37. The summed E-state index contributed by atoms with van der Waals surface area (Å²) in [7, 11) is 0. The first-order valence-corrected chi connectivity index (χ1v) is 6.07. The van der Waals surface area contributed by atoms with Crippen LogP contribution in [0.4, 0.5) is 0 Å². The quantitative estimate of drug-likeness (QED) is 0.862. The van der Waals surface area contributed by atoms with E-state index in [1.54, 1.807) is 0 Å². The molecule has 0 bridgehead atoms. The zero-order valence-electron chi connectivity index (χ0n) is 9.90. The Morgan fingerprint density at radius 2 is 2.18 bits per heavy atom. The molecule has 3 rings (SSSR count). The van der Waals surface area contributed by atoms with Gasteiger partial charge in [0.1, 0.15) is 11.9 Å². The number of nitrogens with zero attached hydrogens (tertiary/aromatic N) is 1. The lowest BCUT2D eigenvalue weighted by Crippen LogP contribution is -2.34. The number of benzene rings is 1. The maximum atomic E-state index is 6.07.